The number of morpholine rings is 1. The van der Waals surface area contributed by atoms with Crippen molar-refractivity contribution in [2.75, 3.05) is 45.9 Å². The van der Waals surface area contributed by atoms with E-state index in [0.29, 0.717) is 12.5 Å². The molecule has 1 saturated heterocycles. The fourth-order valence-electron chi connectivity index (χ4n) is 2.70. The third kappa shape index (κ3) is 8.37. The highest BCUT2D eigenvalue weighted by molar-refractivity contribution is 14.0. The zero-order valence-corrected chi connectivity index (χ0v) is 18.0. The van der Waals surface area contributed by atoms with Gasteiger partial charge in [0.25, 0.3) is 0 Å². The van der Waals surface area contributed by atoms with E-state index >= 15 is 0 Å². The number of hydrogen-bond donors (Lipinski definition) is 2. The lowest BCUT2D eigenvalue weighted by Crippen LogP contribution is -2.44. The number of aromatic nitrogens is 2. The highest BCUT2D eigenvalue weighted by atomic mass is 127. The van der Waals surface area contributed by atoms with Crippen LogP contribution in [0, 0.1) is 5.92 Å². The average Bonchev–Trinajstić information content (AvgIpc) is 3.00. The number of hydrogen-bond acceptors (Lipinski definition) is 4. The van der Waals surface area contributed by atoms with Gasteiger partial charge < -0.3 is 19.9 Å². The Labute approximate surface area is 168 Å². The van der Waals surface area contributed by atoms with Crippen LogP contribution in [0.5, 0.6) is 0 Å². The number of imidazole rings is 1. The highest BCUT2D eigenvalue weighted by Gasteiger charge is 2.10. The van der Waals surface area contributed by atoms with Crippen molar-refractivity contribution in [1.82, 2.24) is 25.1 Å². The fourth-order valence-corrected chi connectivity index (χ4v) is 2.70. The first-order valence-corrected chi connectivity index (χ1v) is 9.01. The SMILES string of the molecule is CCNC(=NCc1nccn1CC(C)C)NCCN1CCOCC1.I. The predicted molar refractivity (Wildman–Crippen MR) is 113 cm³/mol. The quantitative estimate of drug-likeness (QED) is 0.347. The van der Waals surface area contributed by atoms with Gasteiger partial charge in [-0.25, -0.2) is 9.98 Å². The molecule has 0 aromatic carbocycles. The minimum Gasteiger partial charge on any atom is -0.379 e. The Hall–Kier alpha value is -0.870. The molecule has 0 spiro atoms. The zero-order chi connectivity index (χ0) is 17.2. The number of halogens is 1. The number of rotatable bonds is 8. The van der Waals surface area contributed by atoms with E-state index in [0.717, 1.165) is 64.3 Å². The van der Waals surface area contributed by atoms with Gasteiger partial charge in [0.1, 0.15) is 12.4 Å². The number of nitrogens with one attached hydrogen (secondary N) is 2. The van der Waals surface area contributed by atoms with Gasteiger partial charge in [-0.3, -0.25) is 4.90 Å². The van der Waals surface area contributed by atoms with Crippen LogP contribution in [0.1, 0.15) is 26.6 Å². The van der Waals surface area contributed by atoms with Gasteiger partial charge in [0.2, 0.25) is 0 Å². The first-order valence-electron chi connectivity index (χ1n) is 9.01. The van der Waals surface area contributed by atoms with E-state index < -0.39 is 0 Å². The minimum absolute atomic E-state index is 0. The van der Waals surface area contributed by atoms with Crippen LogP contribution in [0.2, 0.25) is 0 Å². The lowest BCUT2D eigenvalue weighted by atomic mass is 10.2. The maximum Gasteiger partial charge on any atom is 0.191 e. The number of aliphatic imine (C=N–C) groups is 1. The second-order valence-corrected chi connectivity index (χ2v) is 6.47. The van der Waals surface area contributed by atoms with Crippen molar-refractivity contribution >= 4 is 29.9 Å². The number of guanidine groups is 1. The molecule has 1 aliphatic rings. The Morgan fingerprint density at radius 1 is 1.32 bits per heavy atom. The molecule has 0 saturated carbocycles. The molecule has 1 fully saturated rings. The van der Waals surface area contributed by atoms with Crippen LogP contribution in [-0.2, 0) is 17.8 Å². The van der Waals surface area contributed by atoms with Crippen LogP contribution >= 0.6 is 24.0 Å². The summed E-state index contributed by atoms with van der Waals surface area (Å²) < 4.78 is 7.56. The average molecular weight is 464 g/mol. The molecule has 2 rings (SSSR count). The van der Waals surface area contributed by atoms with Crippen LogP contribution < -0.4 is 10.6 Å². The van der Waals surface area contributed by atoms with Crippen LogP contribution in [0.4, 0.5) is 0 Å². The molecular weight excluding hydrogens is 431 g/mol. The lowest BCUT2D eigenvalue weighted by molar-refractivity contribution is 0.0389. The van der Waals surface area contributed by atoms with E-state index in [1.54, 1.807) is 0 Å². The summed E-state index contributed by atoms with van der Waals surface area (Å²) in [5, 5.41) is 6.71. The second-order valence-electron chi connectivity index (χ2n) is 6.47. The van der Waals surface area contributed by atoms with Gasteiger partial charge in [-0.2, -0.15) is 0 Å². The molecule has 144 valence electrons. The Balaban J connectivity index is 0.00000312. The molecule has 7 nitrogen and oxygen atoms in total. The molecule has 0 unspecified atom stereocenters. The Kier molecular flexibility index (Phi) is 11.1. The molecule has 0 amide bonds. The molecular formula is C17H33IN6O. The van der Waals surface area contributed by atoms with Gasteiger partial charge in [-0.05, 0) is 12.8 Å². The van der Waals surface area contributed by atoms with Crippen molar-refractivity contribution < 1.29 is 4.74 Å². The van der Waals surface area contributed by atoms with Crippen LogP contribution in [-0.4, -0.2) is 66.3 Å². The van der Waals surface area contributed by atoms with Crippen molar-refractivity contribution in [1.29, 1.82) is 0 Å². The summed E-state index contributed by atoms with van der Waals surface area (Å²) in [4.78, 5) is 11.5. The van der Waals surface area contributed by atoms with E-state index in [-0.39, 0.29) is 24.0 Å². The van der Waals surface area contributed by atoms with Crippen molar-refractivity contribution in [3.05, 3.63) is 18.2 Å². The smallest absolute Gasteiger partial charge is 0.191 e. The van der Waals surface area contributed by atoms with E-state index in [1.807, 2.05) is 12.4 Å². The summed E-state index contributed by atoms with van der Waals surface area (Å²) in [5.74, 6) is 2.46. The third-order valence-electron chi connectivity index (χ3n) is 3.91. The highest BCUT2D eigenvalue weighted by Crippen LogP contribution is 2.04. The van der Waals surface area contributed by atoms with Gasteiger partial charge in [0.05, 0.1) is 13.2 Å². The molecule has 1 aliphatic heterocycles. The number of nitrogens with zero attached hydrogens (tertiary/aromatic N) is 4. The van der Waals surface area contributed by atoms with E-state index in [2.05, 4.69) is 50.8 Å². The van der Waals surface area contributed by atoms with Gasteiger partial charge in [0, 0.05) is 51.7 Å². The summed E-state index contributed by atoms with van der Waals surface area (Å²) in [6.07, 6.45) is 3.88. The summed E-state index contributed by atoms with van der Waals surface area (Å²) in [6.45, 7) is 14.5. The molecule has 2 N–H and O–H groups in total. The fraction of sp³-hybridized carbons (Fsp3) is 0.765. The minimum atomic E-state index is 0. The van der Waals surface area contributed by atoms with Crippen LogP contribution in [0.3, 0.4) is 0 Å². The molecule has 0 bridgehead atoms. The lowest BCUT2D eigenvalue weighted by Gasteiger charge is -2.26. The maximum atomic E-state index is 5.38. The Bertz CT molecular complexity index is 499. The molecule has 8 heteroatoms. The molecule has 2 heterocycles. The van der Waals surface area contributed by atoms with Gasteiger partial charge in [-0.15, -0.1) is 24.0 Å². The Morgan fingerprint density at radius 3 is 2.76 bits per heavy atom. The zero-order valence-electron chi connectivity index (χ0n) is 15.7. The normalized spacial score (nSPS) is 15.9. The Morgan fingerprint density at radius 2 is 2.08 bits per heavy atom. The molecule has 1 aromatic rings. The van der Waals surface area contributed by atoms with E-state index in [1.165, 1.54) is 0 Å². The second kappa shape index (κ2) is 12.5. The van der Waals surface area contributed by atoms with E-state index in [9.17, 15) is 0 Å². The number of ether oxygens (including phenoxy) is 1. The first kappa shape index (κ1) is 22.2. The van der Waals surface area contributed by atoms with Crippen molar-refractivity contribution in [2.45, 2.75) is 33.9 Å². The molecule has 0 radical (unpaired) electrons. The largest absolute Gasteiger partial charge is 0.379 e. The van der Waals surface area contributed by atoms with Gasteiger partial charge in [-0.1, -0.05) is 13.8 Å². The monoisotopic (exact) mass is 464 g/mol. The first-order chi connectivity index (χ1) is 11.7. The van der Waals surface area contributed by atoms with Crippen molar-refractivity contribution in [3.63, 3.8) is 0 Å². The molecule has 1 aromatic heterocycles. The molecule has 0 aliphatic carbocycles. The summed E-state index contributed by atoms with van der Waals surface area (Å²) in [7, 11) is 0. The van der Waals surface area contributed by atoms with Crippen LogP contribution in [0.25, 0.3) is 0 Å². The van der Waals surface area contributed by atoms with Gasteiger partial charge >= 0.3 is 0 Å². The maximum absolute atomic E-state index is 5.38. The van der Waals surface area contributed by atoms with E-state index in [4.69, 9.17) is 4.74 Å². The summed E-state index contributed by atoms with van der Waals surface area (Å²) in [5.41, 5.74) is 0. The standard InChI is InChI=1S/C17H32N6O.HI/c1-4-18-17(20-5-7-22-9-11-24-12-10-22)21-13-16-19-6-8-23(16)14-15(2)3;/h6,8,15H,4-5,7,9-14H2,1-3H3,(H2,18,20,21);1H. The van der Waals surface area contributed by atoms with Crippen molar-refractivity contribution in [2.24, 2.45) is 10.9 Å². The molecule has 0 atom stereocenters. The third-order valence-corrected chi connectivity index (χ3v) is 3.91. The molecule has 25 heavy (non-hydrogen) atoms. The predicted octanol–water partition coefficient (Wildman–Crippen LogP) is 1.54. The van der Waals surface area contributed by atoms with Crippen LogP contribution in [0.15, 0.2) is 17.4 Å². The topological polar surface area (TPSA) is 66.7 Å². The summed E-state index contributed by atoms with van der Waals surface area (Å²) in [6, 6.07) is 0. The van der Waals surface area contributed by atoms with Crippen molar-refractivity contribution in [3.8, 4) is 0 Å². The van der Waals surface area contributed by atoms with Gasteiger partial charge in [0.15, 0.2) is 5.96 Å². The summed E-state index contributed by atoms with van der Waals surface area (Å²) >= 11 is 0.